The number of nitrogens with zero attached hydrogens (tertiary/aromatic N) is 12. The molecule has 10 heterocycles. The Labute approximate surface area is 384 Å². The van der Waals surface area contributed by atoms with Crippen LogP contribution >= 0.6 is 38.6 Å². The number of carbonyl (C=O) groups is 2. The van der Waals surface area contributed by atoms with E-state index in [9.17, 15) is 9.59 Å². The lowest BCUT2D eigenvalue weighted by Crippen LogP contribution is -2.48. The summed E-state index contributed by atoms with van der Waals surface area (Å²) in [5, 5.41) is 23.3. The van der Waals surface area contributed by atoms with Crippen molar-refractivity contribution in [3.05, 3.63) is 115 Å². The standard InChI is InChI=1S/C20H19N7O.C14H13ClN6O.C6H8BNO2.CH4.2H2S/c1-13-8-14(10-22-9-13)16-2-3-17-19(24-16)27(15-4-7-26(17)12-15)20(28)25-18-11-21-5-6-23-18;15-11-2-1-10-13(18-11)21(9-3-6-20(10)8-9)14(22)19-12-7-16-4-5-17-12;1-5-2-6(7(9)10)4-8-3-5;;;/h2-3,5-6,8-11,15H,4,7,12H2,1H3,(H,23,25,28);1-2,4-5,7,9H,3,6,8H2,(H,17,19,22);2-4,9-10H,1H3;1H4;2*1H2/t15-;9-;;;;/m00..../s1. The summed E-state index contributed by atoms with van der Waals surface area (Å²) in [6.45, 7) is 7.30. The molecule has 0 spiro atoms. The Kier molecular flexibility index (Phi) is 16.2. The van der Waals surface area contributed by atoms with Gasteiger partial charge >= 0.3 is 19.2 Å². The van der Waals surface area contributed by atoms with Gasteiger partial charge in [-0.15, -0.1) is 0 Å². The van der Waals surface area contributed by atoms with Gasteiger partial charge in [-0.1, -0.05) is 25.1 Å². The molecule has 2 atom stereocenters. The number of aryl methyl sites for hydroxylation is 2. The topological polar surface area (TPSA) is 215 Å². The average Bonchev–Trinajstić information content (AvgIpc) is 3.87. The molecule has 2 fully saturated rings. The molecule has 4 aliphatic rings. The first kappa shape index (κ1) is 47.9. The summed E-state index contributed by atoms with van der Waals surface area (Å²) in [5.41, 5.74) is 6.07. The van der Waals surface area contributed by atoms with Crippen LogP contribution in [0.25, 0.3) is 11.3 Å². The van der Waals surface area contributed by atoms with Gasteiger partial charge in [-0.3, -0.25) is 40.4 Å². The van der Waals surface area contributed by atoms with E-state index in [2.05, 4.69) is 55.3 Å². The van der Waals surface area contributed by atoms with E-state index in [4.69, 9.17) is 26.6 Å². The van der Waals surface area contributed by atoms with Crippen molar-refractivity contribution < 1.29 is 19.6 Å². The number of carbonyl (C=O) groups excluding carboxylic acids is 2. The van der Waals surface area contributed by atoms with E-state index in [1.54, 1.807) is 52.9 Å². The number of halogens is 1. The van der Waals surface area contributed by atoms with Gasteiger partial charge in [0.2, 0.25) is 0 Å². The monoisotopic (exact) mass is 910 g/mol. The maximum Gasteiger partial charge on any atom is 0.490 e. The molecule has 0 saturated carbocycles. The van der Waals surface area contributed by atoms with E-state index < -0.39 is 7.12 Å². The van der Waals surface area contributed by atoms with Crippen LogP contribution in [0, 0.1) is 13.8 Å². The van der Waals surface area contributed by atoms with Crippen molar-refractivity contribution in [3.63, 3.8) is 0 Å². The van der Waals surface area contributed by atoms with Crippen molar-refractivity contribution in [2.75, 3.05) is 56.4 Å². The molecule has 18 nitrogen and oxygen atoms in total. The molecule has 4 aliphatic heterocycles. The summed E-state index contributed by atoms with van der Waals surface area (Å²) in [5.74, 6) is 2.11. The highest BCUT2D eigenvalue weighted by Gasteiger charge is 2.41. The molecule has 0 radical (unpaired) electrons. The minimum absolute atomic E-state index is 0. The number of fused-ring (bicyclic) bond motifs is 8. The molecule has 63 heavy (non-hydrogen) atoms. The van der Waals surface area contributed by atoms with Crippen molar-refractivity contribution in [3.8, 4) is 11.3 Å². The molecule has 328 valence electrons. The number of rotatable bonds is 4. The lowest BCUT2D eigenvalue weighted by atomic mass is 9.81. The van der Waals surface area contributed by atoms with Gasteiger partial charge in [-0.05, 0) is 68.1 Å². The minimum atomic E-state index is -1.41. The van der Waals surface area contributed by atoms with E-state index in [-0.39, 0.29) is 58.6 Å². The zero-order chi connectivity index (χ0) is 41.8. The zero-order valence-corrected chi connectivity index (χ0v) is 36.4. The van der Waals surface area contributed by atoms with Gasteiger partial charge in [0.1, 0.15) is 5.15 Å². The molecule has 0 aliphatic carbocycles. The van der Waals surface area contributed by atoms with Gasteiger partial charge in [-0.2, -0.15) is 27.0 Å². The molecule has 0 aromatic carbocycles. The van der Waals surface area contributed by atoms with Crippen LogP contribution < -0.4 is 35.7 Å². The van der Waals surface area contributed by atoms with Crippen molar-refractivity contribution in [2.24, 2.45) is 0 Å². The Morgan fingerprint density at radius 3 is 1.70 bits per heavy atom. The van der Waals surface area contributed by atoms with Crippen LogP contribution in [0.15, 0.2) is 98.4 Å². The molecule has 2 saturated heterocycles. The van der Waals surface area contributed by atoms with E-state index >= 15 is 0 Å². The van der Waals surface area contributed by atoms with E-state index in [0.717, 1.165) is 72.8 Å². The van der Waals surface area contributed by atoms with Gasteiger partial charge < -0.3 is 19.8 Å². The Balaban J connectivity index is 0.000000191. The maximum atomic E-state index is 13.1. The number of anilines is 6. The summed E-state index contributed by atoms with van der Waals surface area (Å²) < 4.78 is 0. The fourth-order valence-corrected chi connectivity index (χ4v) is 7.71. The minimum Gasteiger partial charge on any atom is -0.423 e. The SMILES string of the molecule is C.Cc1cncc(-c2ccc3c(n2)N(C(=O)Nc2cnccn2)[C@H]2CCN3C2)c1.Cc1cncc(B(O)O)c1.O=C(Nc1cnccn1)N1c2nc(Cl)ccc2N2CC[C@H]1C2.S.S. The van der Waals surface area contributed by atoms with Gasteiger partial charge in [0.05, 0.1) is 41.5 Å². The number of hydrogen-bond donors (Lipinski definition) is 4. The number of urea groups is 2. The molecule has 4 N–H and O–H groups in total. The highest BCUT2D eigenvalue weighted by Crippen LogP contribution is 2.41. The van der Waals surface area contributed by atoms with E-state index in [1.807, 2.05) is 44.3 Å². The molecule has 6 aromatic rings. The highest BCUT2D eigenvalue weighted by atomic mass is 35.5. The Bertz CT molecular complexity index is 2500. The number of nitrogens with one attached hydrogen (secondary N) is 2. The number of aromatic nitrogens is 8. The maximum absolute atomic E-state index is 13.1. The molecular formula is C41H48BClN14O4S2. The van der Waals surface area contributed by atoms with Crippen LogP contribution in [0.3, 0.4) is 0 Å². The predicted octanol–water partition coefficient (Wildman–Crippen LogP) is 4.96. The molecule has 0 unspecified atom stereocenters. The van der Waals surface area contributed by atoms with Crippen LogP contribution in [-0.4, -0.2) is 107 Å². The molecule has 4 amide bonds. The predicted molar refractivity (Wildman–Crippen MR) is 256 cm³/mol. The number of pyridine rings is 4. The first-order valence-corrected chi connectivity index (χ1v) is 19.6. The first-order chi connectivity index (χ1) is 29.1. The first-order valence-electron chi connectivity index (χ1n) is 19.2. The van der Waals surface area contributed by atoms with Crippen LogP contribution in [0.2, 0.25) is 5.15 Å². The molecule has 6 aromatic heterocycles. The van der Waals surface area contributed by atoms with Gasteiger partial charge in [-0.25, -0.2) is 29.5 Å². The van der Waals surface area contributed by atoms with E-state index in [1.165, 1.54) is 24.8 Å². The molecule has 4 bridgehead atoms. The largest absolute Gasteiger partial charge is 0.490 e. The van der Waals surface area contributed by atoms with Crippen molar-refractivity contribution >= 4 is 97.9 Å². The van der Waals surface area contributed by atoms with Crippen molar-refractivity contribution in [1.82, 2.24) is 39.9 Å². The van der Waals surface area contributed by atoms with Crippen LogP contribution in [-0.2, 0) is 0 Å². The Morgan fingerprint density at radius 2 is 1.21 bits per heavy atom. The number of amides is 4. The summed E-state index contributed by atoms with van der Waals surface area (Å²) in [6.07, 6.45) is 17.8. The second-order valence-corrected chi connectivity index (χ2v) is 14.9. The Hall–Kier alpha value is -6.13. The van der Waals surface area contributed by atoms with Gasteiger partial charge in [0.15, 0.2) is 23.3 Å². The van der Waals surface area contributed by atoms with Crippen LogP contribution in [0.5, 0.6) is 0 Å². The Morgan fingerprint density at radius 1 is 0.683 bits per heavy atom. The third-order valence-electron chi connectivity index (χ3n) is 10.3. The fourth-order valence-electron chi connectivity index (χ4n) is 7.56. The molecule has 10 rings (SSSR count). The van der Waals surface area contributed by atoms with Crippen LogP contribution in [0.1, 0.15) is 31.4 Å². The van der Waals surface area contributed by atoms with Gasteiger partial charge in [0, 0.05) is 86.8 Å². The van der Waals surface area contributed by atoms with Crippen LogP contribution in [0.4, 0.5) is 44.2 Å². The zero-order valence-electron chi connectivity index (χ0n) is 33.7. The third kappa shape index (κ3) is 10.9. The summed E-state index contributed by atoms with van der Waals surface area (Å²) in [6, 6.07) is 11.1. The quantitative estimate of drug-likeness (QED) is 0.136. The molecule has 22 heteroatoms. The second-order valence-electron chi connectivity index (χ2n) is 14.5. The smallest absolute Gasteiger partial charge is 0.423 e. The van der Waals surface area contributed by atoms with E-state index in [0.29, 0.717) is 33.9 Å². The summed E-state index contributed by atoms with van der Waals surface area (Å²) in [4.78, 5) is 67.2. The summed E-state index contributed by atoms with van der Waals surface area (Å²) in [7, 11) is -1.41. The lowest BCUT2D eigenvalue weighted by molar-refractivity contribution is 0.254. The van der Waals surface area contributed by atoms with Gasteiger partial charge in [0.25, 0.3) is 0 Å². The third-order valence-corrected chi connectivity index (χ3v) is 10.5. The number of hydrogen-bond acceptors (Lipinski definition) is 14. The summed E-state index contributed by atoms with van der Waals surface area (Å²) >= 11 is 6.01. The highest BCUT2D eigenvalue weighted by molar-refractivity contribution is 7.59. The lowest BCUT2D eigenvalue weighted by Gasteiger charge is -2.35. The normalized spacial score (nSPS) is 15.9. The van der Waals surface area contributed by atoms with Crippen molar-refractivity contribution in [2.45, 2.75) is 46.2 Å². The van der Waals surface area contributed by atoms with Crippen molar-refractivity contribution in [1.29, 1.82) is 0 Å². The second kappa shape index (κ2) is 21.3. The fraction of sp³-hybridized carbons (Fsp3) is 0.268. The average molecular weight is 911 g/mol. The molecular weight excluding hydrogens is 863 g/mol.